The zero-order chi connectivity index (χ0) is 27.7. The highest BCUT2D eigenvalue weighted by molar-refractivity contribution is 5.99. The number of anilines is 3. The van der Waals surface area contributed by atoms with Gasteiger partial charge in [0.25, 0.3) is 5.91 Å². The maximum atomic E-state index is 12.9. The molecule has 2 fully saturated rings. The molecule has 1 aromatic carbocycles. The highest BCUT2D eigenvalue weighted by Gasteiger charge is 2.40. The summed E-state index contributed by atoms with van der Waals surface area (Å²) in [6, 6.07) is 6.10. The molecule has 2 unspecified atom stereocenters. The monoisotopic (exact) mass is 545 g/mol. The zero-order valence-electron chi connectivity index (χ0n) is 20.9. The first kappa shape index (κ1) is 26.4. The third-order valence-electron chi connectivity index (χ3n) is 6.67. The predicted molar refractivity (Wildman–Crippen MR) is 133 cm³/mol. The molecule has 2 aliphatic carbocycles. The van der Waals surface area contributed by atoms with E-state index in [-0.39, 0.29) is 35.4 Å². The molecule has 2 saturated carbocycles. The van der Waals surface area contributed by atoms with Crippen LogP contribution >= 0.6 is 0 Å². The molecule has 0 spiro atoms. The van der Waals surface area contributed by atoms with E-state index < -0.39 is 24.4 Å². The second-order valence-corrected chi connectivity index (χ2v) is 9.44. The second-order valence-electron chi connectivity index (χ2n) is 9.44. The van der Waals surface area contributed by atoms with Crippen molar-refractivity contribution >= 4 is 29.0 Å². The number of amides is 2. The second kappa shape index (κ2) is 10.5. The summed E-state index contributed by atoms with van der Waals surface area (Å²) < 4.78 is 50.1. The standard InChI is InChI=1S/C25H26F3N7O4/c1-38-22-15(14-11-30-35(12-14)18-6-3-7-19(18)39-25(26,27)28)4-2-5-16(22)31-17-10-20(32-24(37)13-8-9-13)33-34-21(17)23(29)36/h2,4-5,10-13,18-19H,3,6-9H2,1H3,(H2,29,36)(H2,31,32,33,37). The van der Waals surface area contributed by atoms with E-state index in [1.807, 2.05) is 0 Å². The number of hydrogen-bond donors (Lipinski definition) is 3. The number of rotatable bonds is 9. The number of para-hydroxylation sites is 1. The molecular formula is C25H26F3N7O4. The molecule has 2 aromatic heterocycles. The lowest BCUT2D eigenvalue weighted by Gasteiger charge is -2.21. The van der Waals surface area contributed by atoms with Gasteiger partial charge in [0.05, 0.1) is 36.8 Å². The normalized spacial score (nSPS) is 19.1. The Labute approximate surface area is 220 Å². The number of carbonyl (C=O) groups is 2. The molecule has 0 saturated heterocycles. The molecule has 11 nitrogen and oxygen atoms in total. The average Bonchev–Trinajstić information content (AvgIpc) is 3.46. The first-order valence-electron chi connectivity index (χ1n) is 12.3. The number of aromatic nitrogens is 4. The van der Waals surface area contributed by atoms with Crippen LogP contribution in [0.1, 0.15) is 48.6 Å². The van der Waals surface area contributed by atoms with Crippen molar-refractivity contribution in [1.29, 1.82) is 0 Å². The van der Waals surface area contributed by atoms with Gasteiger partial charge in [-0.15, -0.1) is 23.4 Å². The van der Waals surface area contributed by atoms with Gasteiger partial charge in [0.2, 0.25) is 5.91 Å². The summed E-state index contributed by atoms with van der Waals surface area (Å²) in [4.78, 5) is 24.2. The van der Waals surface area contributed by atoms with Crippen LogP contribution in [0.5, 0.6) is 5.75 Å². The lowest BCUT2D eigenvalue weighted by molar-refractivity contribution is -0.345. The minimum Gasteiger partial charge on any atom is -0.494 e. The Kier molecular flexibility index (Phi) is 7.12. The van der Waals surface area contributed by atoms with Crippen molar-refractivity contribution in [3.05, 3.63) is 42.4 Å². The fourth-order valence-corrected chi connectivity index (χ4v) is 4.71. The van der Waals surface area contributed by atoms with Gasteiger partial charge in [-0.05, 0) is 38.2 Å². The van der Waals surface area contributed by atoms with Gasteiger partial charge in [-0.3, -0.25) is 19.0 Å². The van der Waals surface area contributed by atoms with Crippen LogP contribution in [-0.4, -0.2) is 51.4 Å². The fourth-order valence-electron chi connectivity index (χ4n) is 4.71. The number of hydrogen-bond acceptors (Lipinski definition) is 8. The van der Waals surface area contributed by atoms with Crippen LogP contribution in [-0.2, 0) is 9.53 Å². The Morgan fingerprint density at radius 2 is 1.92 bits per heavy atom. The minimum absolute atomic E-state index is 0.0590. The first-order valence-corrected chi connectivity index (χ1v) is 12.3. The summed E-state index contributed by atoms with van der Waals surface area (Å²) in [5, 5.41) is 17.8. The molecule has 3 aromatic rings. The number of methoxy groups -OCH3 is 1. The summed E-state index contributed by atoms with van der Waals surface area (Å²) >= 11 is 0. The van der Waals surface area contributed by atoms with E-state index in [4.69, 9.17) is 10.5 Å². The number of alkyl halides is 3. The van der Waals surface area contributed by atoms with Gasteiger partial charge in [-0.25, -0.2) is 0 Å². The fraction of sp³-hybridized carbons (Fsp3) is 0.400. The molecule has 2 amide bonds. The van der Waals surface area contributed by atoms with E-state index in [0.717, 1.165) is 12.8 Å². The van der Waals surface area contributed by atoms with Crippen LogP contribution in [0, 0.1) is 5.92 Å². The first-order chi connectivity index (χ1) is 18.6. The van der Waals surface area contributed by atoms with E-state index in [2.05, 4.69) is 30.7 Å². The SMILES string of the molecule is COc1c(Nc2cc(NC(=O)C3CC3)nnc2C(N)=O)cccc1-c1cnn(C2CCCC2OC(F)(F)F)c1. The highest BCUT2D eigenvalue weighted by atomic mass is 19.4. The summed E-state index contributed by atoms with van der Waals surface area (Å²) in [5.74, 6) is -0.529. The van der Waals surface area contributed by atoms with E-state index in [1.54, 1.807) is 30.6 Å². The Balaban J connectivity index is 1.43. The van der Waals surface area contributed by atoms with Crippen LogP contribution in [0.25, 0.3) is 11.1 Å². The minimum atomic E-state index is -4.72. The largest absolute Gasteiger partial charge is 0.522 e. The van der Waals surface area contributed by atoms with Crippen molar-refractivity contribution in [3.63, 3.8) is 0 Å². The van der Waals surface area contributed by atoms with Crippen molar-refractivity contribution in [1.82, 2.24) is 20.0 Å². The van der Waals surface area contributed by atoms with Crippen LogP contribution in [0.4, 0.5) is 30.4 Å². The molecule has 206 valence electrons. The average molecular weight is 546 g/mol. The Hall–Kier alpha value is -4.20. The lowest BCUT2D eigenvalue weighted by Crippen LogP contribution is -2.28. The maximum Gasteiger partial charge on any atom is 0.522 e. The molecule has 2 atom stereocenters. The zero-order valence-corrected chi connectivity index (χ0v) is 20.9. The molecule has 2 aliphatic rings. The molecule has 0 bridgehead atoms. The molecule has 5 rings (SSSR count). The molecule has 0 aliphatic heterocycles. The van der Waals surface area contributed by atoms with Crippen LogP contribution < -0.4 is 21.1 Å². The van der Waals surface area contributed by atoms with Gasteiger partial charge in [-0.2, -0.15) is 5.10 Å². The van der Waals surface area contributed by atoms with E-state index in [9.17, 15) is 22.8 Å². The van der Waals surface area contributed by atoms with Gasteiger partial charge in [0.1, 0.15) is 5.75 Å². The number of carbonyl (C=O) groups excluding carboxylic acids is 2. The number of nitrogens with two attached hydrogens (primary N) is 1. The molecule has 39 heavy (non-hydrogen) atoms. The molecule has 0 radical (unpaired) electrons. The quantitative estimate of drug-likeness (QED) is 0.363. The van der Waals surface area contributed by atoms with Crippen molar-refractivity contribution in [2.24, 2.45) is 11.7 Å². The van der Waals surface area contributed by atoms with Gasteiger partial charge in [0.15, 0.2) is 11.5 Å². The summed E-state index contributed by atoms with van der Waals surface area (Å²) in [6.45, 7) is 0. The van der Waals surface area contributed by atoms with Gasteiger partial charge >= 0.3 is 6.36 Å². The smallest absolute Gasteiger partial charge is 0.494 e. The van der Waals surface area contributed by atoms with Crippen LogP contribution in [0.3, 0.4) is 0 Å². The Morgan fingerprint density at radius 3 is 2.62 bits per heavy atom. The molecule has 14 heteroatoms. The third-order valence-corrected chi connectivity index (χ3v) is 6.67. The van der Waals surface area contributed by atoms with Gasteiger partial charge < -0.3 is 21.1 Å². The number of primary amides is 1. The van der Waals surface area contributed by atoms with Crippen molar-refractivity contribution in [3.8, 4) is 16.9 Å². The van der Waals surface area contributed by atoms with Crippen LogP contribution in [0.2, 0.25) is 0 Å². The molecular weight excluding hydrogens is 519 g/mol. The topological polar surface area (TPSA) is 146 Å². The number of nitrogens with one attached hydrogen (secondary N) is 2. The van der Waals surface area contributed by atoms with Crippen molar-refractivity contribution in [2.75, 3.05) is 17.7 Å². The summed E-state index contributed by atoms with van der Waals surface area (Å²) in [7, 11) is 1.46. The Bertz CT molecular complexity index is 1390. The van der Waals surface area contributed by atoms with Gasteiger partial charge in [0, 0.05) is 29.3 Å². The maximum absolute atomic E-state index is 12.9. The Morgan fingerprint density at radius 1 is 1.13 bits per heavy atom. The van der Waals surface area contributed by atoms with Gasteiger partial charge in [-0.1, -0.05) is 12.1 Å². The lowest BCUT2D eigenvalue weighted by atomic mass is 10.1. The van der Waals surface area contributed by atoms with E-state index in [1.165, 1.54) is 17.9 Å². The van der Waals surface area contributed by atoms with E-state index in [0.29, 0.717) is 35.4 Å². The number of benzene rings is 1. The summed E-state index contributed by atoms with van der Waals surface area (Å²) in [5.41, 5.74) is 7.20. The number of halogens is 3. The third kappa shape index (κ3) is 5.95. The number of ether oxygens (including phenoxy) is 2. The summed E-state index contributed by atoms with van der Waals surface area (Å²) in [6.07, 6.45) is 0.444. The van der Waals surface area contributed by atoms with Crippen LogP contribution in [0.15, 0.2) is 36.7 Å². The molecule has 4 N–H and O–H groups in total. The highest BCUT2D eigenvalue weighted by Crippen LogP contribution is 2.41. The van der Waals surface area contributed by atoms with Crippen molar-refractivity contribution in [2.45, 2.75) is 50.6 Å². The number of nitrogens with zero attached hydrogens (tertiary/aromatic N) is 4. The predicted octanol–water partition coefficient (Wildman–Crippen LogP) is 4.17. The van der Waals surface area contributed by atoms with E-state index >= 15 is 0 Å². The van der Waals surface area contributed by atoms with Crippen molar-refractivity contribution < 1.29 is 32.2 Å². The molecule has 2 heterocycles.